The van der Waals surface area contributed by atoms with E-state index in [1.807, 2.05) is 0 Å². The minimum absolute atomic E-state index is 0.817. The number of hydrogen-bond donors (Lipinski definition) is 1. The van der Waals surface area contributed by atoms with Gasteiger partial charge in [0, 0.05) is 25.9 Å². The number of nitrogens with one attached hydrogen (secondary N) is 1. The second-order valence-corrected chi connectivity index (χ2v) is 3.54. The molecule has 0 unspecified atom stereocenters. The van der Waals surface area contributed by atoms with Gasteiger partial charge in [-0.15, -0.1) is 0 Å². The van der Waals surface area contributed by atoms with E-state index in [0.717, 1.165) is 19.6 Å². The topological polar surface area (TPSA) is 21.3 Å². The standard InChI is InChI=1S/C12H19NO/c1-10-6-4-7-11(2)12(10)13-8-5-9-14-3/h4,6-7,13H,5,8-9H2,1-3H3. The van der Waals surface area contributed by atoms with E-state index in [-0.39, 0.29) is 0 Å². The lowest BCUT2D eigenvalue weighted by atomic mass is 10.1. The number of hydrogen-bond acceptors (Lipinski definition) is 2. The van der Waals surface area contributed by atoms with Crippen LogP contribution < -0.4 is 5.32 Å². The quantitative estimate of drug-likeness (QED) is 0.726. The Bertz CT molecular complexity index is 263. The van der Waals surface area contributed by atoms with Crippen molar-refractivity contribution >= 4 is 5.69 Å². The molecule has 0 aliphatic heterocycles. The zero-order valence-electron chi connectivity index (χ0n) is 9.26. The fourth-order valence-electron chi connectivity index (χ4n) is 1.52. The average Bonchev–Trinajstić information content (AvgIpc) is 2.16. The van der Waals surface area contributed by atoms with Gasteiger partial charge >= 0.3 is 0 Å². The average molecular weight is 193 g/mol. The number of methoxy groups -OCH3 is 1. The molecule has 0 spiro atoms. The number of anilines is 1. The van der Waals surface area contributed by atoms with Gasteiger partial charge in [-0.2, -0.15) is 0 Å². The second kappa shape index (κ2) is 5.66. The van der Waals surface area contributed by atoms with Gasteiger partial charge in [0.2, 0.25) is 0 Å². The van der Waals surface area contributed by atoms with Crippen LogP contribution in [-0.2, 0) is 4.74 Å². The molecule has 1 aromatic carbocycles. The lowest BCUT2D eigenvalue weighted by molar-refractivity contribution is 0.198. The van der Waals surface area contributed by atoms with Crippen molar-refractivity contribution in [2.24, 2.45) is 0 Å². The summed E-state index contributed by atoms with van der Waals surface area (Å²) in [4.78, 5) is 0. The predicted octanol–water partition coefficient (Wildman–Crippen LogP) is 2.75. The molecule has 0 heterocycles. The minimum Gasteiger partial charge on any atom is -0.385 e. The monoisotopic (exact) mass is 193 g/mol. The van der Waals surface area contributed by atoms with Crippen molar-refractivity contribution in [2.45, 2.75) is 20.3 Å². The van der Waals surface area contributed by atoms with Crippen molar-refractivity contribution in [2.75, 3.05) is 25.6 Å². The summed E-state index contributed by atoms with van der Waals surface area (Å²) < 4.78 is 5.00. The SMILES string of the molecule is COCCCNc1c(C)cccc1C. The molecule has 0 bridgehead atoms. The second-order valence-electron chi connectivity index (χ2n) is 3.54. The highest BCUT2D eigenvalue weighted by molar-refractivity contribution is 5.56. The molecule has 0 saturated carbocycles. The highest BCUT2D eigenvalue weighted by atomic mass is 16.5. The van der Waals surface area contributed by atoms with E-state index in [1.165, 1.54) is 16.8 Å². The van der Waals surface area contributed by atoms with Gasteiger partial charge in [-0.1, -0.05) is 18.2 Å². The van der Waals surface area contributed by atoms with E-state index < -0.39 is 0 Å². The highest BCUT2D eigenvalue weighted by Gasteiger charge is 1.99. The fourth-order valence-corrected chi connectivity index (χ4v) is 1.52. The molecule has 2 nitrogen and oxygen atoms in total. The Morgan fingerprint density at radius 2 is 1.86 bits per heavy atom. The van der Waals surface area contributed by atoms with Crippen LogP contribution >= 0.6 is 0 Å². The van der Waals surface area contributed by atoms with Gasteiger partial charge in [0.25, 0.3) is 0 Å². The van der Waals surface area contributed by atoms with Crippen molar-refractivity contribution in [1.29, 1.82) is 0 Å². The molecular weight excluding hydrogens is 174 g/mol. The van der Waals surface area contributed by atoms with Crippen LogP contribution in [0.5, 0.6) is 0 Å². The summed E-state index contributed by atoms with van der Waals surface area (Å²) in [7, 11) is 1.74. The van der Waals surface area contributed by atoms with Gasteiger partial charge in [0.15, 0.2) is 0 Å². The van der Waals surface area contributed by atoms with Crippen LogP contribution in [0, 0.1) is 13.8 Å². The van der Waals surface area contributed by atoms with Crippen LogP contribution in [0.3, 0.4) is 0 Å². The summed E-state index contributed by atoms with van der Waals surface area (Å²) in [6.45, 7) is 6.05. The molecule has 1 rings (SSSR count). The van der Waals surface area contributed by atoms with E-state index >= 15 is 0 Å². The first-order valence-electron chi connectivity index (χ1n) is 5.04. The third-order valence-corrected chi connectivity index (χ3v) is 2.31. The van der Waals surface area contributed by atoms with Crippen LogP contribution in [-0.4, -0.2) is 20.3 Å². The molecule has 0 radical (unpaired) electrons. The molecule has 78 valence electrons. The van der Waals surface area contributed by atoms with Crippen LogP contribution in [0.1, 0.15) is 17.5 Å². The zero-order valence-corrected chi connectivity index (χ0v) is 9.26. The first kappa shape index (κ1) is 11.1. The van der Waals surface area contributed by atoms with Gasteiger partial charge < -0.3 is 10.1 Å². The largest absolute Gasteiger partial charge is 0.385 e. The van der Waals surface area contributed by atoms with Crippen molar-refractivity contribution in [1.82, 2.24) is 0 Å². The zero-order chi connectivity index (χ0) is 10.4. The number of ether oxygens (including phenoxy) is 1. The molecular formula is C12H19NO. The fraction of sp³-hybridized carbons (Fsp3) is 0.500. The number of aryl methyl sites for hydroxylation is 2. The lowest BCUT2D eigenvalue weighted by Gasteiger charge is -2.11. The Morgan fingerprint density at radius 3 is 2.43 bits per heavy atom. The molecule has 0 aromatic heterocycles. The lowest BCUT2D eigenvalue weighted by Crippen LogP contribution is -2.06. The predicted molar refractivity (Wildman–Crippen MR) is 60.9 cm³/mol. The molecule has 0 amide bonds. The van der Waals surface area contributed by atoms with Crippen LogP contribution in [0.4, 0.5) is 5.69 Å². The summed E-state index contributed by atoms with van der Waals surface area (Å²) in [5.41, 5.74) is 3.88. The molecule has 0 saturated heterocycles. The van der Waals surface area contributed by atoms with Gasteiger partial charge in [-0.3, -0.25) is 0 Å². The normalized spacial score (nSPS) is 10.2. The minimum atomic E-state index is 0.817. The van der Waals surface area contributed by atoms with Gasteiger partial charge in [-0.25, -0.2) is 0 Å². The molecule has 0 aliphatic carbocycles. The summed E-state index contributed by atoms with van der Waals surface area (Å²) in [5.74, 6) is 0. The maximum Gasteiger partial charge on any atom is 0.0479 e. The molecule has 0 fully saturated rings. The summed E-state index contributed by atoms with van der Waals surface area (Å²) in [6.07, 6.45) is 1.05. The van der Waals surface area contributed by atoms with Crippen LogP contribution in [0.2, 0.25) is 0 Å². The van der Waals surface area contributed by atoms with E-state index in [0.29, 0.717) is 0 Å². The van der Waals surface area contributed by atoms with E-state index in [1.54, 1.807) is 7.11 Å². The Hall–Kier alpha value is -1.02. The summed E-state index contributed by atoms with van der Waals surface area (Å²) in [5, 5.41) is 3.44. The van der Waals surface area contributed by atoms with E-state index in [2.05, 4.69) is 37.4 Å². The van der Waals surface area contributed by atoms with Crippen molar-refractivity contribution in [3.8, 4) is 0 Å². The van der Waals surface area contributed by atoms with Crippen LogP contribution in [0.25, 0.3) is 0 Å². The molecule has 0 aliphatic rings. The molecule has 2 heteroatoms. The first-order valence-corrected chi connectivity index (χ1v) is 5.04. The smallest absolute Gasteiger partial charge is 0.0479 e. The van der Waals surface area contributed by atoms with E-state index in [9.17, 15) is 0 Å². The van der Waals surface area contributed by atoms with Gasteiger partial charge in [0.1, 0.15) is 0 Å². The number of benzene rings is 1. The first-order chi connectivity index (χ1) is 6.75. The third-order valence-electron chi connectivity index (χ3n) is 2.31. The molecule has 1 aromatic rings. The Morgan fingerprint density at radius 1 is 1.21 bits per heavy atom. The maximum atomic E-state index is 5.00. The van der Waals surface area contributed by atoms with Gasteiger partial charge in [-0.05, 0) is 31.4 Å². The molecule has 0 atom stereocenters. The summed E-state index contributed by atoms with van der Waals surface area (Å²) >= 11 is 0. The number of rotatable bonds is 5. The Kier molecular flexibility index (Phi) is 4.47. The Balaban J connectivity index is 2.49. The van der Waals surface area contributed by atoms with Gasteiger partial charge in [0.05, 0.1) is 0 Å². The van der Waals surface area contributed by atoms with Crippen molar-refractivity contribution in [3.63, 3.8) is 0 Å². The van der Waals surface area contributed by atoms with E-state index in [4.69, 9.17) is 4.74 Å². The number of para-hydroxylation sites is 1. The van der Waals surface area contributed by atoms with Crippen molar-refractivity contribution < 1.29 is 4.74 Å². The summed E-state index contributed by atoms with van der Waals surface area (Å²) in [6, 6.07) is 6.35. The molecule has 14 heavy (non-hydrogen) atoms. The highest BCUT2D eigenvalue weighted by Crippen LogP contribution is 2.18. The van der Waals surface area contributed by atoms with Crippen molar-refractivity contribution in [3.05, 3.63) is 29.3 Å². The molecule has 1 N–H and O–H groups in total. The Labute approximate surface area is 86.3 Å². The van der Waals surface area contributed by atoms with Crippen LogP contribution in [0.15, 0.2) is 18.2 Å². The maximum absolute atomic E-state index is 5.00. The third kappa shape index (κ3) is 3.04.